The Kier molecular flexibility index (Phi) is 11.0. The zero-order valence-corrected chi connectivity index (χ0v) is 28.2. The molecule has 4 atom stereocenters. The molecule has 3 amide bonds. The molecule has 0 saturated heterocycles. The summed E-state index contributed by atoms with van der Waals surface area (Å²) in [4.78, 5) is 60.4. The van der Waals surface area contributed by atoms with Crippen LogP contribution in [0.4, 0.5) is 0 Å². The number of hydrogen-bond acceptors (Lipinski definition) is 6. The lowest BCUT2D eigenvalue weighted by atomic mass is 10.00. The summed E-state index contributed by atoms with van der Waals surface area (Å²) in [7, 11) is 0. The van der Waals surface area contributed by atoms with E-state index in [0.717, 1.165) is 44.1 Å². The van der Waals surface area contributed by atoms with Gasteiger partial charge in [0.1, 0.15) is 23.9 Å². The van der Waals surface area contributed by atoms with Crippen LogP contribution in [0.2, 0.25) is 0 Å². The standard InChI is InChI=1S/C40H40N6O6/c41-31(18-25-14-16-28(47)17-15-25)37(48)44-34(19-24-8-2-1-3-9-24)38(49)45-35(20-26-22-42-32-12-6-4-10-29(26)32)39(50)46-36(40(51)52)21-27-23-43-33-13-7-5-11-30(27)33/h1-17,22-23,31,34-36,42-43,47H,18-21,41H2,(H,44,48)(H,45,49)(H,46,50)(H,51,52). The van der Waals surface area contributed by atoms with Gasteiger partial charge >= 0.3 is 5.97 Å². The van der Waals surface area contributed by atoms with Crippen LogP contribution in [-0.4, -0.2) is 68.0 Å². The highest BCUT2D eigenvalue weighted by Crippen LogP contribution is 2.21. The van der Waals surface area contributed by atoms with Gasteiger partial charge in [0.2, 0.25) is 17.7 Å². The fourth-order valence-electron chi connectivity index (χ4n) is 6.31. The molecule has 6 aromatic rings. The van der Waals surface area contributed by atoms with E-state index >= 15 is 0 Å². The van der Waals surface area contributed by atoms with Crippen molar-refractivity contribution in [2.45, 2.75) is 49.9 Å². The monoisotopic (exact) mass is 700 g/mol. The molecule has 0 saturated carbocycles. The molecule has 0 bridgehead atoms. The number of H-pyrrole nitrogens is 2. The van der Waals surface area contributed by atoms with E-state index in [4.69, 9.17) is 5.73 Å². The number of aliphatic carboxylic acids is 1. The van der Waals surface area contributed by atoms with Crippen LogP contribution in [0, 0.1) is 0 Å². The van der Waals surface area contributed by atoms with Crippen molar-refractivity contribution in [2.24, 2.45) is 5.73 Å². The Morgan fingerprint density at radius 2 is 1.02 bits per heavy atom. The van der Waals surface area contributed by atoms with Gasteiger partial charge in [0.05, 0.1) is 6.04 Å². The minimum Gasteiger partial charge on any atom is -0.508 e. The highest BCUT2D eigenvalue weighted by atomic mass is 16.4. The molecule has 12 nitrogen and oxygen atoms in total. The van der Waals surface area contributed by atoms with Crippen LogP contribution < -0.4 is 21.7 Å². The molecule has 6 rings (SSSR count). The Morgan fingerprint density at radius 3 is 1.60 bits per heavy atom. The predicted octanol–water partition coefficient (Wildman–Crippen LogP) is 3.49. The van der Waals surface area contributed by atoms with E-state index in [9.17, 15) is 29.4 Å². The van der Waals surface area contributed by atoms with Gasteiger partial charge in [0.15, 0.2) is 0 Å². The van der Waals surface area contributed by atoms with Crippen LogP contribution in [0.1, 0.15) is 22.3 Å². The molecule has 12 heteroatoms. The molecular weight excluding hydrogens is 660 g/mol. The van der Waals surface area contributed by atoms with E-state index in [1.165, 1.54) is 12.1 Å². The second-order valence-electron chi connectivity index (χ2n) is 12.8. The van der Waals surface area contributed by atoms with Gasteiger partial charge in [-0.15, -0.1) is 0 Å². The van der Waals surface area contributed by atoms with Gasteiger partial charge in [-0.3, -0.25) is 14.4 Å². The van der Waals surface area contributed by atoms with Gasteiger partial charge in [-0.05, 0) is 52.9 Å². The van der Waals surface area contributed by atoms with Gasteiger partial charge < -0.3 is 41.9 Å². The maximum Gasteiger partial charge on any atom is 0.326 e. The van der Waals surface area contributed by atoms with Crippen molar-refractivity contribution in [1.29, 1.82) is 0 Å². The van der Waals surface area contributed by atoms with Crippen molar-refractivity contribution < 1.29 is 29.4 Å². The largest absolute Gasteiger partial charge is 0.508 e. The number of hydrogen-bond donors (Lipinski definition) is 8. The maximum atomic E-state index is 14.1. The van der Waals surface area contributed by atoms with Crippen molar-refractivity contribution in [1.82, 2.24) is 25.9 Å². The number of phenolic OH excluding ortho intramolecular Hbond substituents is 1. The Balaban J connectivity index is 1.25. The molecule has 0 aliphatic carbocycles. The van der Waals surface area contributed by atoms with Gasteiger partial charge in [-0.1, -0.05) is 78.9 Å². The Bertz CT molecular complexity index is 2180. The fraction of sp³-hybridized carbons (Fsp3) is 0.200. The summed E-state index contributed by atoms with van der Waals surface area (Å²) in [6.07, 6.45) is 3.77. The lowest BCUT2D eigenvalue weighted by molar-refractivity contribution is -0.142. The molecular formula is C40H40N6O6. The summed E-state index contributed by atoms with van der Waals surface area (Å²) in [5.74, 6) is -3.06. The van der Waals surface area contributed by atoms with E-state index in [1.54, 1.807) is 24.5 Å². The number of nitrogens with two attached hydrogens (primary N) is 1. The summed E-state index contributed by atoms with van der Waals surface area (Å²) in [6, 6.07) is 25.8. The van der Waals surface area contributed by atoms with Gasteiger partial charge in [-0.25, -0.2) is 4.79 Å². The molecule has 4 unspecified atom stereocenters. The Labute approximate surface area is 299 Å². The lowest BCUT2D eigenvalue weighted by Gasteiger charge is -2.25. The van der Waals surface area contributed by atoms with Crippen molar-refractivity contribution >= 4 is 45.5 Å². The van der Waals surface area contributed by atoms with Gasteiger partial charge in [-0.2, -0.15) is 0 Å². The molecule has 4 aromatic carbocycles. The number of carbonyl (C=O) groups is 4. The first-order valence-electron chi connectivity index (χ1n) is 17.0. The number of aromatic hydroxyl groups is 1. The Hall–Kier alpha value is -6.40. The van der Waals surface area contributed by atoms with E-state index in [2.05, 4.69) is 25.9 Å². The van der Waals surface area contributed by atoms with Crippen molar-refractivity contribution in [3.05, 3.63) is 138 Å². The first-order valence-corrected chi connectivity index (χ1v) is 17.0. The third-order valence-electron chi connectivity index (χ3n) is 9.09. The van der Waals surface area contributed by atoms with E-state index in [1.807, 2.05) is 78.9 Å². The third-order valence-corrected chi connectivity index (χ3v) is 9.09. The first-order chi connectivity index (χ1) is 25.1. The molecule has 0 fully saturated rings. The molecule has 0 aliphatic heterocycles. The zero-order valence-electron chi connectivity index (χ0n) is 28.2. The number of fused-ring (bicyclic) bond motifs is 2. The van der Waals surface area contributed by atoms with Crippen LogP contribution in [0.25, 0.3) is 21.8 Å². The first kappa shape index (κ1) is 35.4. The summed E-state index contributed by atoms with van der Waals surface area (Å²) in [6.45, 7) is 0. The minimum atomic E-state index is -1.30. The van der Waals surface area contributed by atoms with E-state index in [-0.39, 0.29) is 31.4 Å². The topological polar surface area (TPSA) is 202 Å². The number of aromatic nitrogens is 2. The van der Waals surface area contributed by atoms with Crippen LogP contribution >= 0.6 is 0 Å². The maximum absolute atomic E-state index is 14.1. The second kappa shape index (κ2) is 16.1. The van der Waals surface area contributed by atoms with Crippen molar-refractivity contribution in [2.75, 3.05) is 0 Å². The highest BCUT2D eigenvalue weighted by molar-refractivity contribution is 5.95. The molecule has 266 valence electrons. The number of benzene rings is 4. The Morgan fingerprint density at radius 1 is 0.558 bits per heavy atom. The molecule has 2 heterocycles. The smallest absolute Gasteiger partial charge is 0.326 e. The van der Waals surface area contributed by atoms with Crippen molar-refractivity contribution in [3.63, 3.8) is 0 Å². The average Bonchev–Trinajstić information content (AvgIpc) is 3.75. The normalized spacial score (nSPS) is 13.6. The number of nitrogens with one attached hydrogen (secondary N) is 5. The number of rotatable bonds is 15. The number of para-hydroxylation sites is 2. The summed E-state index contributed by atoms with van der Waals surface area (Å²) >= 11 is 0. The molecule has 2 aromatic heterocycles. The van der Waals surface area contributed by atoms with Crippen LogP contribution in [-0.2, 0) is 44.9 Å². The van der Waals surface area contributed by atoms with Gasteiger partial charge in [0.25, 0.3) is 0 Å². The molecule has 52 heavy (non-hydrogen) atoms. The number of carboxylic acid groups (broad SMARTS) is 1. The molecule has 0 radical (unpaired) electrons. The lowest BCUT2D eigenvalue weighted by Crippen LogP contribution is -2.58. The number of phenols is 1. The summed E-state index contributed by atoms with van der Waals surface area (Å²) in [5.41, 5.74) is 10.9. The predicted molar refractivity (Wildman–Crippen MR) is 197 cm³/mol. The van der Waals surface area contributed by atoms with Crippen molar-refractivity contribution in [3.8, 4) is 5.75 Å². The number of aromatic amines is 2. The average molecular weight is 701 g/mol. The van der Waals surface area contributed by atoms with Gasteiger partial charge in [0, 0.05) is 53.5 Å². The number of amides is 3. The number of carbonyl (C=O) groups excluding carboxylic acids is 3. The van der Waals surface area contributed by atoms with E-state index < -0.39 is 47.9 Å². The quantitative estimate of drug-likeness (QED) is 0.0801. The molecule has 0 spiro atoms. The van der Waals surface area contributed by atoms with Crippen LogP contribution in [0.5, 0.6) is 5.75 Å². The van der Waals surface area contributed by atoms with Crippen LogP contribution in [0.3, 0.4) is 0 Å². The minimum absolute atomic E-state index is 0.00441. The SMILES string of the molecule is NC(Cc1ccc(O)cc1)C(=O)NC(Cc1ccccc1)C(=O)NC(Cc1c[nH]c2ccccc12)C(=O)NC(Cc1c[nH]c2ccccc12)C(=O)O. The zero-order chi connectivity index (χ0) is 36.6. The van der Waals surface area contributed by atoms with E-state index in [0.29, 0.717) is 0 Å². The summed E-state index contributed by atoms with van der Waals surface area (Å²) in [5, 5.41) is 29.8. The highest BCUT2D eigenvalue weighted by Gasteiger charge is 2.32. The summed E-state index contributed by atoms with van der Waals surface area (Å²) < 4.78 is 0. The third kappa shape index (κ3) is 8.66. The molecule has 0 aliphatic rings. The fourth-order valence-corrected chi connectivity index (χ4v) is 6.31. The second-order valence-corrected chi connectivity index (χ2v) is 12.8. The number of carboxylic acids is 1. The van der Waals surface area contributed by atoms with Crippen LogP contribution in [0.15, 0.2) is 116 Å². The molecule has 9 N–H and O–H groups in total.